The van der Waals surface area contributed by atoms with Crippen LogP contribution in [0.2, 0.25) is 10.0 Å². The molecule has 1 aromatic heterocycles. The molecule has 0 unspecified atom stereocenters. The highest BCUT2D eigenvalue weighted by atomic mass is 35.5. The number of carboxylic acids is 1. The Bertz CT molecular complexity index is 672. The summed E-state index contributed by atoms with van der Waals surface area (Å²) in [5.74, 6) is -1.59. The maximum Gasteiger partial charge on any atom is 0.354 e. The molecule has 5 nitrogen and oxygen atoms in total. The van der Waals surface area contributed by atoms with E-state index in [2.05, 4.69) is 10.3 Å². The fourth-order valence-corrected chi connectivity index (χ4v) is 1.86. The van der Waals surface area contributed by atoms with Crippen LogP contribution in [0.1, 0.15) is 20.8 Å². The number of nitrogens with zero attached hydrogens (tertiary/aromatic N) is 1. The Morgan fingerprint density at radius 1 is 1.15 bits per heavy atom. The predicted octanol–water partition coefficient (Wildman–Crippen LogP) is 3.34. The van der Waals surface area contributed by atoms with Crippen molar-refractivity contribution in [1.82, 2.24) is 4.98 Å². The van der Waals surface area contributed by atoms with Crippen LogP contribution in [0, 0.1) is 0 Å². The van der Waals surface area contributed by atoms with Gasteiger partial charge in [-0.15, -0.1) is 0 Å². The molecule has 0 bridgehead atoms. The number of benzene rings is 1. The van der Waals surface area contributed by atoms with E-state index in [0.29, 0.717) is 5.69 Å². The molecule has 1 aromatic carbocycles. The first-order valence-corrected chi connectivity index (χ1v) is 6.19. The average molecular weight is 311 g/mol. The topological polar surface area (TPSA) is 79.3 Å². The lowest BCUT2D eigenvalue weighted by Crippen LogP contribution is -2.13. The summed E-state index contributed by atoms with van der Waals surface area (Å²) >= 11 is 11.8. The van der Waals surface area contributed by atoms with Crippen LogP contribution in [-0.4, -0.2) is 22.0 Å². The monoisotopic (exact) mass is 310 g/mol. The maximum absolute atomic E-state index is 12.0. The Balaban J connectivity index is 2.19. The number of nitrogens with one attached hydrogen (secondary N) is 1. The molecule has 0 fully saturated rings. The summed E-state index contributed by atoms with van der Waals surface area (Å²) in [4.78, 5) is 26.4. The van der Waals surface area contributed by atoms with Gasteiger partial charge in [-0.2, -0.15) is 0 Å². The minimum absolute atomic E-state index is 0.108. The first-order chi connectivity index (χ1) is 9.49. The third kappa shape index (κ3) is 3.07. The van der Waals surface area contributed by atoms with Gasteiger partial charge in [0, 0.05) is 0 Å². The molecule has 0 saturated carbocycles. The number of amides is 1. The Morgan fingerprint density at radius 3 is 2.50 bits per heavy atom. The van der Waals surface area contributed by atoms with Gasteiger partial charge < -0.3 is 10.4 Å². The molecular formula is C13H8Cl2N2O3. The highest BCUT2D eigenvalue weighted by molar-refractivity contribution is 6.44. The number of halogens is 2. The van der Waals surface area contributed by atoms with Crippen LogP contribution in [0.5, 0.6) is 0 Å². The standard InChI is InChI=1S/C13H8Cl2N2O3/c14-9-3-1-2-8(11(9)15)12(18)17-7-4-5-10(13(19)20)16-6-7/h1-6H,(H,17,18)(H,19,20). The van der Waals surface area contributed by atoms with Crippen LogP contribution in [0.25, 0.3) is 0 Å². The molecule has 2 aromatic rings. The summed E-state index contributed by atoms with van der Waals surface area (Å²) < 4.78 is 0. The first kappa shape index (κ1) is 14.3. The molecule has 20 heavy (non-hydrogen) atoms. The second-order valence-corrected chi connectivity index (χ2v) is 4.58. The van der Waals surface area contributed by atoms with Gasteiger partial charge in [0.25, 0.3) is 5.91 Å². The minimum atomic E-state index is -1.14. The van der Waals surface area contributed by atoms with Crippen molar-refractivity contribution in [1.29, 1.82) is 0 Å². The van der Waals surface area contributed by atoms with Crippen LogP contribution < -0.4 is 5.32 Å². The predicted molar refractivity (Wildman–Crippen MR) is 75.6 cm³/mol. The normalized spacial score (nSPS) is 10.1. The molecule has 7 heteroatoms. The van der Waals surface area contributed by atoms with Crippen molar-refractivity contribution in [3.8, 4) is 0 Å². The number of carboxylic acid groups (broad SMARTS) is 1. The van der Waals surface area contributed by atoms with E-state index in [1.165, 1.54) is 24.4 Å². The largest absolute Gasteiger partial charge is 0.477 e. The molecule has 2 rings (SSSR count). The van der Waals surface area contributed by atoms with E-state index < -0.39 is 11.9 Å². The second kappa shape index (κ2) is 5.90. The van der Waals surface area contributed by atoms with E-state index in [4.69, 9.17) is 28.3 Å². The second-order valence-electron chi connectivity index (χ2n) is 3.79. The summed E-state index contributed by atoms with van der Waals surface area (Å²) in [7, 11) is 0. The third-order valence-electron chi connectivity index (χ3n) is 2.44. The number of hydrogen-bond donors (Lipinski definition) is 2. The quantitative estimate of drug-likeness (QED) is 0.911. The van der Waals surface area contributed by atoms with Gasteiger partial charge in [0.05, 0.1) is 27.5 Å². The molecular weight excluding hydrogens is 303 g/mol. The molecule has 1 amide bonds. The molecule has 0 radical (unpaired) electrons. The fourth-order valence-electron chi connectivity index (χ4n) is 1.47. The average Bonchev–Trinajstić information content (AvgIpc) is 2.42. The minimum Gasteiger partial charge on any atom is -0.477 e. The van der Waals surface area contributed by atoms with Crippen molar-refractivity contribution in [2.24, 2.45) is 0 Å². The Hall–Kier alpha value is -2.11. The number of aromatic nitrogens is 1. The highest BCUT2D eigenvalue weighted by Gasteiger charge is 2.13. The molecule has 0 saturated heterocycles. The number of aromatic carboxylic acids is 1. The van der Waals surface area contributed by atoms with E-state index in [0.717, 1.165) is 0 Å². The van der Waals surface area contributed by atoms with E-state index in [9.17, 15) is 9.59 Å². The molecule has 0 aliphatic carbocycles. The molecule has 2 N–H and O–H groups in total. The Labute approximate surface area is 124 Å². The number of carbonyl (C=O) groups is 2. The summed E-state index contributed by atoms with van der Waals surface area (Å²) in [6.45, 7) is 0. The lowest BCUT2D eigenvalue weighted by molar-refractivity contribution is 0.0690. The lowest BCUT2D eigenvalue weighted by Gasteiger charge is -2.07. The zero-order valence-corrected chi connectivity index (χ0v) is 11.4. The van der Waals surface area contributed by atoms with E-state index in [1.807, 2.05) is 0 Å². The smallest absolute Gasteiger partial charge is 0.354 e. The number of rotatable bonds is 3. The molecule has 0 aliphatic rings. The molecule has 0 spiro atoms. The Morgan fingerprint density at radius 2 is 1.90 bits per heavy atom. The summed E-state index contributed by atoms with van der Waals surface area (Å²) in [5.41, 5.74) is 0.473. The van der Waals surface area contributed by atoms with Gasteiger partial charge in [-0.1, -0.05) is 29.3 Å². The van der Waals surface area contributed by atoms with Gasteiger partial charge in [-0.25, -0.2) is 9.78 Å². The number of hydrogen-bond acceptors (Lipinski definition) is 3. The number of pyridine rings is 1. The van der Waals surface area contributed by atoms with Crippen molar-refractivity contribution < 1.29 is 14.7 Å². The van der Waals surface area contributed by atoms with Crippen LogP contribution in [0.4, 0.5) is 5.69 Å². The van der Waals surface area contributed by atoms with Crippen LogP contribution >= 0.6 is 23.2 Å². The summed E-state index contributed by atoms with van der Waals surface area (Å²) in [5, 5.41) is 11.7. The lowest BCUT2D eigenvalue weighted by atomic mass is 10.2. The van der Waals surface area contributed by atoms with Gasteiger partial charge in [-0.05, 0) is 24.3 Å². The van der Waals surface area contributed by atoms with Gasteiger partial charge in [0.1, 0.15) is 5.69 Å². The van der Waals surface area contributed by atoms with Gasteiger partial charge in [0.15, 0.2) is 0 Å². The third-order valence-corrected chi connectivity index (χ3v) is 3.26. The fraction of sp³-hybridized carbons (Fsp3) is 0. The first-order valence-electron chi connectivity index (χ1n) is 5.44. The molecule has 1 heterocycles. The van der Waals surface area contributed by atoms with Crippen LogP contribution in [0.15, 0.2) is 36.5 Å². The Kier molecular flexibility index (Phi) is 4.22. The SMILES string of the molecule is O=C(O)c1ccc(NC(=O)c2cccc(Cl)c2Cl)cn1. The summed E-state index contributed by atoms with van der Waals surface area (Å²) in [6, 6.07) is 7.44. The van der Waals surface area contributed by atoms with Gasteiger partial charge in [0.2, 0.25) is 0 Å². The van der Waals surface area contributed by atoms with Crippen LogP contribution in [0.3, 0.4) is 0 Å². The molecule has 102 valence electrons. The highest BCUT2D eigenvalue weighted by Crippen LogP contribution is 2.26. The van der Waals surface area contributed by atoms with Crippen molar-refractivity contribution in [2.75, 3.05) is 5.32 Å². The summed E-state index contributed by atoms with van der Waals surface area (Å²) in [6.07, 6.45) is 1.25. The van der Waals surface area contributed by atoms with Crippen LogP contribution in [-0.2, 0) is 0 Å². The number of anilines is 1. The van der Waals surface area contributed by atoms with Crippen molar-refractivity contribution in [3.63, 3.8) is 0 Å². The molecule has 0 atom stereocenters. The van der Waals surface area contributed by atoms with Gasteiger partial charge in [-0.3, -0.25) is 4.79 Å². The molecule has 0 aliphatic heterocycles. The zero-order chi connectivity index (χ0) is 14.7. The van der Waals surface area contributed by atoms with E-state index >= 15 is 0 Å². The van der Waals surface area contributed by atoms with E-state index in [1.54, 1.807) is 12.1 Å². The van der Waals surface area contributed by atoms with Gasteiger partial charge >= 0.3 is 5.97 Å². The van der Waals surface area contributed by atoms with E-state index in [-0.39, 0.29) is 21.3 Å². The number of carbonyl (C=O) groups excluding carboxylic acids is 1. The van der Waals surface area contributed by atoms with Crippen molar-refractivity contribution >= 4 is 40.8 Å². The maximum atomic E-state index is 12.0. The zero-order valence-electron chi connectivity index (χ0n) is 9.93. The van der Waals surface area contributed by atoms with Crippen molar-refractivity contribution in [2.45, 2.75) is 0 Å². The van der Waals surface area contributed by atoms with Crippen molar-refractivity contribution in [3.05, 3.63) is 57.8 Å².